The summed E-state index contributed by atoms with van der Waals surface area (Å²) in [5, 5.41) is 11.0. The van der Waals surface area contributed by atoms with Gasteiger partial charge in [0.15, 0.2) is 0 Å². The van der Waals surface area contributed by atoms with Crippen LogP contribution in [0.15, 0.2) is 22.6 Å². The molecule has 0 saturated carbocycles. The van der Waals surface area contributed by atoms with Gasteiger partial charge in [0.1, 0.15) is 22.3 Å². The van der Waals surface area contributed by atoms with E-state index < -0.39 is 26.3 Å². The maximum atomic E-state index is 12.3. The summed E-state index contributed by atoms with van der Waals surface area (Å²) in [6, 6.07) is 4.41. The molecule has 1 aliphatic rings. The number of nitro groups is 1. The predicted molar refractivity (Wildman–Crippen MR) is 86.9 cm³/mol. The molecule has 0 aromatic heterocycles. The number of non-ortho nitro benzene ring substituents is 1. The minimum atomic E-state index is -1.43. The molecule has 0 fully saturated rings. The highest BCUT2D eigenvalue weighted by Gasteiger charge is 2.33. The van der Waals surface area contributed by atoms with Gasteiger partial charge in [0.2, 0.25) is 0 Å². The van der Waals surface area contributed by atoms with E-state index in [-0.39, 0.29) is 5.69 Å². The Kier molecular flexibility index (Phi) is 4.12. The molecule has 7 heteroatoms. The van der Waals surface area contributed by atoms with Crippen LogP contribution in [0.25, 0.3) is 0 Å². The molecule has 1 aromatic rings. The first-order valence-electron chi connectivity index (χ1n) is 6.97. The van der Waals surface area contributed by atoms with Crippen LogP contribution in [0, 0.1) is 10.1 Å². The van der Waals surface area contributed by atoms with Crippen molar-refractivity contribution >= 4 is 22.4 Å². The molecule has 2 rings (SSSR count). The first-order valence-corrected chi connectivity index (χ1v) is 8.08. The summed E-state index contributed by atoms with van der Waals surface area (Å²) in [6.45, 7) is 9.34. The van der Waals surface area contributed by atoms with Crippen molar-refractivity contribution in [3.63, 3.8) is 0 Å². The fourth-order valence-electron chi connectivity index (χ4n) is 2.10. The number of rotatable bonds is 2. The van der Waals surface area contributed by atoms with E-state index in [2.05, 4.69) is 4.40 Å². The molecule has 0 unspecified atom stereocenters. The SMILES string of the molecule is CC1(C)CC(=N[S@](=O)C(C)(C)C)c2cc([N+](=O)[O-])ccc2O1. The second-order valence-electron chi connectivity index (χ2n) is 6.88. The zero-order valence-electron chi connectivity index (χ0n) is 13.4. The van der Waals surface area contributed by atoms with Crippen LogP contribution in [-0.2, 0) is 11.0 Å². The van der Waals surface area contributed by atoms with E-state index in [0.717, 1.165) is 0 Å². The Hall–Kier alpha value is -1.76. The van der Waals surface area contributed by atoms with Gasteiger partial charge in [-0.05, 0) is 40.7 Å². The summed E-state index contributed by atoms with van der Waals surface area (Å²) in [5.41, 5.74) is 0.606. The largest absolute Gasteiger partial charge is 0.487 e. The monoisotopic (exact) mass is 324 g/mol. The van der Waals surface area contributed by atoms with Gasteiger partial charge in [-0.2, -0.15) is 4.40 Å². The molecule has 120 valence electrons. The average Bonchev–Trinajstić information content (AvgIpc) is 2.35. The number of nitrogens with zero attached hydrogens (tertiary/aromatic N) is 2. The van der Waals surface area contributed by atoms with E-state index in [0.29, 0.717) is 23.4 Å². The third-order valence-electron chi connectivity index (χ3n) is 3.18. The van der Waals surface area contributed by atoms with Gasteiger partial charge in [-0.1, -0.05) is 0 Å². The molecule has 1 aliphatic heterocycles. The standard InChI is InChI=1S/C15H20N2O4S/c1-14(2,3)22(20)16-12-9-15(4,5)21-13-7-6-10(17(18)19)8-11(12)13/h6-8H,9H2,1-5H3/t22-/m1/s1. The molecule has 0 saturated heterocycles. The van der Waals surface area contributed by atoms with Crippen LogP contribution in [-0.4, -0.2) is 25.2 Å². The van der Waals surface area contributed by atoms with E-state index in [1.807, 2.05) is 34.6 Å². The van der Waals surface area contributed by atoms with Crippen molar-refractivity contribution in [3.05, 3.63) is 33.9 Å². The van der Waals surface area contributed by atoms with Crippen LogP contribution in [0.3, 0.4) is 0 Å². The lowest BCUT2D eigenvalue weighted by Crippen LogP contribution is -2.37. The summed E-state index contributed by atoms with van der Waals surface area (Å²) in [4.78, 5) is 10.5. The minimum Gasteiger partial charge on any atom is -0.487 e. The van der Waals surface area contributed by atoms with Gasteiger partial charge in [-0.3, -0.25) is 10.1 Å². The lowest BCUT2D eigenvalue weighted by atomic mass is 9.92. The number of ether oxygens (including phenoxy) is 1. The van der Waals surface area contributed by atoms with Crippen molar-refractivity contribution in [2.24, 2.45) is 4.40 Å². The van der Waals surface area contributed by atoms with Crippen LogP contribution >= 0.6 is 0 Å². The van der Waals surface area contributed by atoms with Crippen molar-refractivity contribution < 1.29 is 13.9 Å². The topological polar surface area (TPSA) is 81.8 Å². The normalized spacial score (nSPS) is 20.1. The smallest absolute Gasteiger partial charge is 0.270 e. The number of nitro benzene ring substituents is 1. The fourth-order valence-corrected chi connectivity index (χ4v) is 2.73. The lowest BCUT2D eigenvalue weighted by molar-refractivity contribution is -0.384. The lowest BCUT2D eigenvalue weighted by Gasteiger charge is -2.33. The highest BCUT2D eigenvalue weighted by molar-refractivity contribution is 7.85. The van der Waals surface area contributed by atoms with Crippen LogP contribution < -0.4 is 4.74 Å². The van der Waals surface area contributed by atoms with Crippen molar-refractivity contribution in [2.75, 3.05) is 0 Å². The molecule has 0 N–H and O–H groups in total. The van der Waals surface area contributed by atoms with Gasteiger partial charge in [0, 0.05) is 24.1 Å². The van der Waals surface area contributed by atoms with Gasteiger partial charge in [-0.15, -0.1) is 0 Å². The second kappa shape index (κ2) is 5.46. The van der Waals surface area contributed by atoms with Crippen LogP contribution in [0.4, 0.5) is 5.69 Å². The molecule has 1 heterocycles. The Labute approximate surface area is 132 Å². The van der Waals surface area contributed by atoms with Crippen LogP contribution in [0.5, 0.6) is 5.75 Å². The molecule has 0 radical (unpaired) electrons. The first-order chi connectivity index (χ1) is 9.99. The molecular formula is C15H20N2O4S. The van der Waals surface area contributed by atoms with Gasteiger partial charge >= 0.3 is 0 Å². The Morgan fingerprint density at radius 2 is 2.00 bits per heavy atom. The van der Waals surface area contributed by atoms with E-state index in [1.165, 1.54) is 12.1 Å². The third-order valence-corrected chi connectivity index (χ3v) is 4.62. The quantitative estimate of drug-likeness (QED) is 0.616. The average molecular weight is 324 g/mol. The minimum absolute atomic E-state index is 0.0312. The van der Waals surface area contributed by atoms with Crippen molar-refractivity contribution in [1.29, 1.82) is 0 Å². The van der Waals surface area contributed by atoms with E-state index in [1.54, 1.807) is 6.07 Å². The first kappa shape index (κ1) is 16.6. The van der Waals surface area contributed by atoms with Crippen molar-refractivity contribution in [1.82, 2.24) is 0 Å². The van der Waals surface area contributed by atoms with Gasteiger partial charge in [0.25, 0.3) is 5.69 Å². The highest BCUT2D eigenvalue weighted by Crippen LogP contribution is 2.36. The molecule has 22 heavy (non-hydrogen) atoms. The summed E-state index contributed by atoms with van der Waals surface area (Å²) >= 11 is 0. The van der Waals surface area contributed by atoms with Gasteiger partial charge in [0.05, 0.1) is 15.4 Å². The number of benzene rings is 1. The Bertz CT molecular complexity index is 675. The second-order valence-corrected chi connectivity index (χ2v) is 8.78. The zero-order valence-corrected chi connectivity index (χ0v) is 14.2. The molecule has 1 aromatic carbocycles. The summed E-state index contributed by atoms with van der Waals surface area (Å²) in [5.74, 6) is 0.534. The van der Waals surface area contributed by atoms with Crippen LogP contribution in [0.1, 0.15) is 46.6 Å². The fraction of sp³-hybridized carbons (Fsp3) is 0.533. The molecule has 0 amide bonds. The zero-order chi connectivity index (χ0) is 16.7. The van der Waals surface area contributed by atoms with Gasteiger partial charge in [-0.25, -0.2) is 4.21 Å². The highest BCUT2D eigenvalue weighted by atomic mass is 32.2. The Morgan fingerprint density at radius 3 is 2.55 bits per heavy atom. The molecule has 0 bridgehead atoms. The van der Waals surface area contributed by atoms with Crippen LogP contribution in [0.2, 0.25) is 0 Å². The third kappa shape index (κ3) is 3.52. The summed E-state index contributed by atoms with van der Waals surface area (Å²) < 4.78 is 22.0. The van der Waals surface area contributed by atoms with Crippen molar-refractivity contribution in [3.8, 4) is 5.75 Å². The van der Waals surface area contributed by atoms with Gasteiger partial charge < -0.3 is 4.74 Å². The molecule has 6 nitrogen and oxygen atoms in total. The Balaban J connectivity index is 2.56. The Morgan fingerprint density at radius 1 is 1.36 bits per heavy atom. The number of hydrogen-bond donors (Lipinski definition) is 0. The van der Waals surface area contributed by atoms with E-state index >= 15 is 0 Å². The maximum Gasteiger partial charge on any atom is 0.270 e. The number of hydrogen-bond acceptors (Lipinski definition) is 4. The van der Waals surface area contributed by atoms with E-state index in [9.17, 15) is 14.3 Å². The summed E-state index contributed by atoms with van der Waals surface area (Å²) in [7, 11) is -1.43. The molecular weight excluding hydrogens is 304 g/mol. The predicted octanol–water partition coefficient (Wildman–Crippen LogP) is 3.41. The van der Waals surface area contributed by atoms with E-state index in [4.69, 9.17) is 4.74 Å². The van der Waals surface area contributed by atoms with Crippen molar-refractivity contribution in [2.45, 2.75) is 51.4 Å². The maximum absolute atomic E-state index is 12.3. The number of fused-ring (bicyclic) bond motifs is 1. The molecule has 0 aliphatic carbocycles. The summed E-state index contributed by atoms with van der Waals surface area (Å²) in [6.07, 6.45) is 0.447. The molecule has 1 atom stereocenters. The molecule has 0 spiro atoms.